The first-order valence-corrected chi connectivity index (χ1v) is 7.98. The fraction of sp³-hybridized carbons (Fsp3) is 0.389. The van der Waals surface area contributed by atoms with E-state index in [4.69, 9.17) is 9.52 Å². The molecular formula is C18H22N2O4. The van der Waals surface area contributed by atoms with E-state index in [0.717, 1.165) is 5.56 Å². The van der Waals surface area contributed by atoms with Crippen LogP contribution in [0.4, 0.5) is 0 Å². The van der Waals surface area contributed by atoms with Gasteiger partial charge < -0.3 is 14.8 Å². The van der Waals surface area contributed by atoms with Crippen molar-refractivity contribution in [1.82, 2.24) is 10.3 Å². The summed E-state index contributed by atoms with van der Waals surface area (Å²) in [5, 5.41) is 11.9. The van der Waals surface area contributed by atoms with Gasteiger partial charge in [0.1, 0.15) is 0 Å². The lowest BCUT2D eigenvalue weighted by Crippen LogP contribution is -2.49. The lowest BCUT2D eigenvalue weighted by atomic mass is 9.89. The highest BCUT2D eigenvalue weighted by molar-refractivity contribution is 5.93. The average Bonchev–Trinajstić information content (AvgIpc) is 2.96. The molecular weight excluding hydrogens is 308 g/mol. The molecule has 1 aromatic carbocycles. The van der Waals surface area contributed by atoms with E-state index in [1.54, 1.807) is 6.92 Å². The molecule has 1 amide bonds. The first kappa shape index (κ1) is 17.7. The highest BCUT2D eigenvalue weighted by Gasteiger charge is 2.33. The third-order valence-electron chi connectivity index (χ3n) is 4.25. The predicted molar refractivity (Wildman–Crippen MR) is 89.7 cm³/mol. The van der Waals surface area contributed by atoms with Gasteiger partial charge in [0, 0.05) is 5.56 Å². The van der Waals surface area contributed by atoms with Crippen LogP contribution in [0.3, 0.4) is 0 Å². The molecule has 0 aliphatic heterocycles. The minimum atomic E-state index is -0.946. The molecule has 0 spiro atoms. The van der Waals surface area contributed by atoms with Crippen LogP contribution in [-0.2, 0) is 4.79 Å². The molecule has 2 rings (SSSR count). The second kappa shape index (κ2) is 7.29. The third kappa shape index (κ3) is 3.82. The van der Waals surface area contributed by atoms with Crippen molar-refractivity contribution in [3.05, 3.63) is 41.8 Å². The molecule has 1 heterocycles. The molecule has 0 aliphatic carbocycles. The van der Waals surface area contributed by atoms with Gasteiger partial charge in [-0.2, -0.15) is 0 Å². The summed E-state index contributed by atoms with van der Waals surface area (Å²) < 4.78 is 5.63. The van der Waals surface area contributed by atoms with E-state index in [0.29, 0.717) is 24.4 Å². The van der Waals surface area contributed by atoms with Crippen molar-refractivity contribution in [3.8, 4) is 11.5 Å². The van der Waals surface area contributed by atoms with Gasteiger partial charge in [0.15, 0.2) is 0 Å². The maximum Gasteiger partial charge on any atom is 0.305 e. The number of hydrogen-bond donors (Lipinski definition) is 2. The highest BCUT2D eigenvalue weighted by Crippen LogP contribution is 2.24. The fourth-order valence-electron chi connectivity index (χ4n) is 2.62. The molecule has 0 unspecified atom stereocenters. The van der Waals surface area contributed by atoms with Gasteiger partial charge in [-0.1, -0.05) is 32.0 Å². The number of oxazole rings is 1. The summed E-state index contributed by atoms with van der Waals surface area (Å²) in [5.74, 6) is -0.897. The Labute approximate surface area is 140 Å². The lowest BCUT2D eigenvalue weighted by molar-refractivity contribution is -0.138. The van der Waals surface area contributed by atoms with E-state index < -0.39 is 17.4 Å². The van der Waals surface area contributed by atoms with Gasteiger partial charge in [0.2, 0.25) is 11.7 Å². The Kier molecular flexibility index (Phi) is 5.39. The van der Waals surface area contributed by atoms with E-state index in [2.05, 4.69) is 10.3 Å². The number of carbonyl (C=O) groups excluding carboxylic acids is 1. The topological polar surface area (TPSA) is 92.4 Å². The fourth-order valence-corrected chi connectivity index (χ4v) is 2.62. The SMILES string of the molecule is CCC(CC)(CC(=O)O)NC(=O)c1oc(-c2ccccc2)nc1C. The molecule has 0 fully saturated rings. The predicted octanol–water partition coefficient (Wildman–Crippen LogP) is 3.41. The van der Waals surface area contributed by atoms with Gasteiger partial charge in [0.05, 0.1) is 17.7 Å². The zero-order chi connectivity index (χ0) is 17.7. The summed E-state index contributed by atoms with van der Waals surface area (Å²) in [5.41, 5.74) is 0.458. The molecule has 0 radical (unpaired) electrons. The highest BCUT2D eigenvalue weighted by atomic mass is 16.4. The number of rotatable bonds is 7. The largest absolute Gasteiger partial charge is 0.481 e. The second-order valence-electron chi connectivity index (χ2n) is 5.81. The summed E-state index contributed by atoms with van der Waals surface area (Å²) in [6.45, 7) is 5.41. The van der Waals surface area contributed by atoms with Crippen LogP contribution in [0.5, 0.6) is 0 Å². The molecule has 0 atom stereocenters. The maximum atomic E-state index is 12.6. The third-order valence-corrected chi connectivity index (χ3v) is 4.25. The molecule has 6 heteroatoms. The smallest absolute Gasteiger partial charge is 0.305 e. The number of nitrogens with zero attached hydrogens (tertiary/aromatic N) is 1. The van der Waals surface area contributed by atoms with E-state index in [-0.39, 0.29) is 12.2 Å². The Morgan fingerprint density at radius 3 is 2.38 bits per heavy atom. The molecule has 128 valence electrons. The van der Waals surface area contributed by atoms with Crippen LogP contribution in [0.25, 0.3) is 11.5 Å². The van der Waals surface area contributed by atoms with Crippen molar-refractivity contribution in [3.63, 3.8) is 0 Å². The maximum absolute atomic E-state index is 12.6. The van der Waals surface area contributed by atoms with Crippen LogP contribution in [0, 0.1) is 6.92 Å². The van der Waals surface area contributed by atoms with Crippen molar-refractivity contribution in [2.24, 2.45) is 0 Å². The summed E-state index contributed by atoms with van der Waals surface area (Å²) in [7, 11) is 0. The summed E-state index contributed by atoms with van der Waals surface area (Å²) in [4.78, 5) is 28.0. The number of benzene rings is 1. The second-order valence-corrected chi connectivity index (χ2v) is 5.81. The number of aliphatic carboxylic acids is 1. The zero-order valence-corrected chi connectivity index (χ0v) is 14.1. The van der Waals surface area contributed by atoms with Gasteiger partial charge in [-0.3, -0.25) is 9.59 Å². The average molecular weight is 330 g/mol. The Bertz CT molecular complexity index is 718. The number of carboxylic acid groups (broad SMARTS) is 1. The molecule has 2 N–H and O–H groups in total. The van der Waals surface area contributed by atoms with Gasteiger partial charge >= 0.3 is 5.97 Å². The van der Waals surface area contributed by atoms with Gasteiger partial charge in [-0.05, 0) is 31.9 Å². The van der Waals surface area contributed by atoms with Crippen molar-refractivity contribution in [2.75, 3.05) is 0 Å². The first-order chi connectivity index (χ1) is 11.4. The standard InChI is InChI=1S/C18H22N2O4/c1-4-18(5-2,11-14(21)22)20-16(23)15-12(3)19-17(24-15)13-9-7-6-8-10-13/h6-10H,4-5,11H2,1-3H3,(H,20,23)(H,21,22). The van der Waals surface area contributed by atoms with Crippen molar-refractivity contribution in [1.29, 1.82) is 0 Å². The van der Waals surface area contributed by atoms with E-state index in [9.17, 15) is 9.59 Å². The molecule has 2 aromatic rings. The van der Waals surface area contributed by atoms with Crippen molar-refractivity contribution in [2.45, 2.75) is 45.6 Å². The first-order valence-electron chi connectivity index (χ1n) is 7.98. The summed E-state index contributed by atoms with van der Waals surface area (Å²) >= 11 is 0. The number of nitrogens with one attached hydrogen (secondary N) is 1. The van der Waals surface area contributed by atoms with Crippen LogP contribution in [-0.4, -0.2) is 27.5 Å². The number of aromatic nitrogens is 1. The Morgan fingerprint density at radius 2 is 1.83 bits per heavy atom. The van der Waals surface area contributed by atoms with Gasteiger partial charge in [0.25, 0.3) is 5.91 Å². The number of amides is 1. The number of hydrogen-bond acceptors (Lipinski definition) is 4. The Morgan fingerprint density at radius 1 is 1.21 bits per heavy atom. The quantitative estimate of drug-likeness (QED) is 0.811. The van der Waals surface area contributed by atoms with Crippen LogP contribution in [0.2, 0.25) is 0 Å². The Hall–Kier alpha value is -2.63. The normalized spacial score (nSPS) is 11.3. The van der Waals surface area contributed by atoms with Crippen molar-refractivity contribution >= 4 is 11.9 Å². The van der Waals surface area contributed by atoms with Crippen LogP contribution in [0.1, 0.15) is 49.4 Å². The van der Waals surface area contributed by atoms with Gasteiger partial charge in [-0.15, -0.1) is 0 Å². The minimum absolute atomic E-state index is 0.116. The van der Waals surface area contributed by atoms with Crippen LogP contribution >= 0.6 is 0 Å². The monoisotopic (exact) mass is 330 g/mol. The Balaban J connectivity index is 2.26. The summed E-state index contributed by atoms with van der Waals surface area (Å²) in [6, 6.07) is 9.30. The van der Waals surface area contributed by atoms with E-state index in [1.807, 2.05) is 44.2 Å². The number of carboxylic acids is 1. The molecule has 0 aliphatic rings. The molecule has 0 saturated heterocycles. The van der Waals surface area contributed by atoms with E-state index >= 15 is 0 Å². The minimum Gasteiger partial charge on any atom is -0.481 e. The summed E-state index contributed by atoms with van der Waals surface area (Å²) in [6.07, 6.45) is 0.894. The number of carbonyl (C=O) groups is 2. The van der Waals surface area contributed by atoms with E-state index in [1.165, 1.54) is 0 Å². The molecule has 1 aromatic heterocycles. The van der Waals surface area contributed by atoms with Gasteiger partial charge in [-0.25, -0.2) is 4.98 Å². The molecule has 0 bridgehead atoms. The zero-order valence-electron chi connectivity index (χ0n) is 14.1. The molecule has 24 heavy (non-hydrogen) atoms. The van der Waals surface area contributed by atoms with Crippen LogP contribution in [0.15, 0.2) is 34.7 Å². The molecule has 6 nitrogen and oxygen atoms in total. The lowest BCUT2D eigenvalue weighted by Gasteiger charge is -2.30. The molecule has 0 saturated carbocycles. The van der Waals surface area contributed by atoms with Crippen molar-refractivity contribution < 1.29 is 19.1 Å². The van der Waals surface area contributed by atoms with Crippen LogP contribution < -0.4 is 5.32 Å². The number of aryl methyl sites for hydroxylation is 1.